The summed E-state index contributed by atoms with van der Waals surface area (Å²) < 4.78 is 10.8. The molecule has 0 saturated heterocycles. The van der Waals surface area contributed by atoms with E-state index in [4.69, 9.17) is 9.47 Å². The fraction of sp³-hybridized carbons (Fsp3) is 0.0588. The van der Waals surface area contributed by atoms with E-state index in [0.29, 0.717) is 33.4 Å². The van der Waals surface area contributed by atoms with Gasteiger partial charge in [0.1, 0.15) is 24.7 Å². The molecule has 0 aliphatic heterocycles. The van der Waals surface area contributed by atoms with Gasteiger partial charge in [0.2, 0.25) is 0 Å². The van der Waals surface area contributed by atoms with Crippen molar-refractivity contribution in [3.05, 3.63) is 144 Å². The molecule has 0 aliphatic rings. The lowest BCUT2D eigenvalue weighted by atomic mass is 9.92. The topological polar surface area (TPSA) is 93.1 Å². The number of hydrogen-bond donors (Lipinski definition) is 2. The monoisotopic (exact) mass is 530 g/mol. The van der Waals surface area contributed by atoms with Crippen molar-refractivity contribution in [3.8, 4) is 33.8 Å². The molecule has 6 heteroatoms. The molecule has 0 amide bonds. The van der Waals surface area contributed by atoms with Gasteiger partial charge in [-0.2, -0.15) is 0 Å². The number of esters is 2. The van der Waals surface area contributed by atoms with Gasteiger partial charge < -0.3 is 19.7 Å². The Hall–Kier alpha value is -5.36. The second-order valence-corrected chi connectivity index (χ2v) is 9.13. The van der Waals surface area contributed by atoms with Crippen molar-refractivity contribution >= 4 is 11.9 Å². The minimum atomic E-state index is -0.407. The molecule has 2 N–H and O–H groups in total. The smallest absolute Gasteiger partial charge is 0.338 e. The summed E-state index contributed by atoms with van der Waals surface area (Å²) in [5, 5.41) is 21.5. The zero-order chi connectivity index (χ0) is 27.9. The van der Waals surface area contributed by atoms with E-state index >= 15 is 0 Å². The maximum absolute atomic E-state index is 12.2. The molecule has 0 fully saturated rings. The SMILES string of the molecule is O=C(OCc1ccc(-c2c(O)ccc(O)c2-c2ccc(COC(=O)c3ccccc3)cc2)cc1)c1ccccc1. The number of phenolic OH excluding ortho intramolecular Hbond substituents is 2. The number of aromatic hydroxyl groups is 2. The summed E-state index contributed by atoms with van der Waals surface area (Å²) in [5.74, 6) is -0.791. The Kier molecular flexibility index (Phi) is 7.88. The number of phenols is 2. The highest BCUT2D eigenvalue weighted by atomic mass is 16.5. The molecular weight excluding hydrogens is 504 g/mol. The third-order valence-electron chi connectivity index (χ3n) is 6.41. The van der Waals surface area contributed by atoms with Crippen LogP contribution in [0.5, 0.6) is 11.5 Å². The van der Waals surface area contributed by atoms with E-state index in [2.05, 4.69) is 0 Å². The largest absolute Gasteiger partial charge is 0.507 e. The minimum Gasteiger partial charge on any atom is -0.507 e. The van der Waals surface area contributed by atoms with Crippen LogP contribution in [-0.4, -0.2) is 22.2 Å². The zero-order valence-corrected chi connectivity index (χ0v) is 21.5. The molecule has 6 nitrogen and oxygen atoms in total. The molecule has 5 rings (SSSR count). The van der Waals surface area contributed by atoms with Crippen LogP contribution in [0.4, 0.5) is 0 Å². The van der Waals surface area contributed by atoms with E-state index in [1.807, 2.05) is 36.4 Å². The van der Waals surface area contributed by atoms with Crippen LogP contribution >= 0.6 is 0 Å². The molecule has 0 radical (unpaired) electrons. The molecule has 0 aliphatic carbocycles. The first kappa shape index (κ1) is 26.3. The maximum atomic E-state index is 12.2. The van der Waals surface area contributed by atoms with E-state index in [9.17, 15) is 19.8 Å². The fourth-order valence-corrected chi connectivity index (χ4v) is 4.31. The molecule has 0 unspecified atom stereocenters. The molecule has 198 valence electrons. The van der Waals surface area contributed by atoms with Crippen LogP contribution in [0.1, 0.15) is 31.8 Å². The van der Waals surface area contributed by atoms with Crippen LogP contribution in [0.3, 0.4) is 0 Å². The van der Waals surface area contributed by atoms with Crippen LogP contribution in [-0.2, 0) is 22.7 Å². The van der Waals surface area contributed by atoms with Crippen LogP contribution in [0.25, 0.3) is 22.3 Å². The van der Waals surface area contributed by atoms with Gasteiger partial charge in [-0.3, -0.25) is 0 Å². The summed E-state index contributed by atoms with van der Waals surface area (Å²) >= 11 is 0. The summed E-state index contributed by atoms with van der Waals surface area (Å²) in [4.78, 5) is 24.5. The average molecular weight is 531 g/mol. The van der Waals surface area contributed by atoms with Crippen molar-refractivity contribution in [1.82, 2.24) is 0 Å². The number of carbonyl (C=O) groups is 2. The number of benzene rings is 5. The molecule has 40 heavy (non-hydrogen) atoms. The predicted octanol–water partition coefficient (Wildman–Crippen LogP) is 7.15. The van der Waals surface area contributed by atoms with Crippen molar-refractivity contribution in [2.45, 2.75) is 13.2 Å². The highest BCUT2D eigenvalue weighted by molar-refractivity contribution is 5.92. The summed E-state index contributed by atoms with van der Waals surface area (Å²) in [6.45, 7) is 0.201. The number of hydrogen-bond acceptors (Lipinski definition) is 6. The number of carbonyl (C=O) groups excluding carboxylic acids is 2. The number of ether oxygens (including phenoxy) is 2. The van der Waals surface area contributed by atoms with Crippen LogP contribution in [0.2, 0.25) is 0 Å². The minimum absolute atomic E-state index is 0.0110. The van der Waals surface area contributed by atoms with Crippen molar-refractivity contribution in [2.75, 3.05) is 0 Å². The second-order valence-electron chi connectivity index (χ2n) is 9.13. The first-order chi connectivity index (χ1) is 19.5. The van der Waals surface area contributed by atoms with Gasteiger partial charge in [0, 0.05) is 11.1 Å². The van der Waals surface area contributed by atoms with E-state index in [0.717, 1.165) is 11.1 Å². The third-order valence-corrected chi connectivity index (χ3v) is 6.41. The molecule has 5 aromatic carbocycles. The highest BCUT2D eigenvalue weighted by Crippen LogP contribution is 2.44. The van der Waals surface area contributed by atoms with E-state index in [-0.39, 0.29) is 24.7 Å². The molecular formula is C34H26O6. The Morgan fingerprint density at radius 3 is 1.18 bits per heavy atom. The Labute approximate surface area is 231 Å². The van der Waals surface area contributed by atoms with Gasteiger partial charge in [0.15, 0.2) is 0 Å². The van der Waals surface area contributed by atoms with E-state index < -0.39 is 11.9 Å². The summed E-state index contributed by atoms with van der Waals surface area (Å²) in [6, 6.07) is 34.9. The van der Waals surface area contributed by atoms with Crippen molar-refractivity contribution in [2.24, 2.45) is 0 Å². The van der Waals surface area contributed by atoms with Gasteiger partial charge in [-0.1, -0.05) is 84.9 Å². The maximum Gasteiger partial charge on any atom is 0.338 e. The van der Waals surface area contributed by atoms with Gasteiger partial charge in [-0.05, 0) is 58.7 Å². The highest BCUT2D eigenvalue weighted by Gasteiger charge is 2.17. The lowest BCUT2D eigenvalue weighted by Crippen LogP contribution is -2.04. The number of rotatable bonds is 8. The normalized spacial score (nSPS) is 10.6. The van der Waals surface area contributed by atoms with Crippen molar-refractivity contribution < 1.29 is 29.3 Å². The van der Waals surface area contributed by atoms with Crippen LogP contribution < -0.4 is 0 Å². The molecule has 0 atom stereocenters. The zero-order valence-electron chi connectivity index (χ0n) is 21.5. The van der Waals surface area contributed by atoms with Gasteiger partial charge in [0.25, 0.3) is 0 Å². The Morgan fingerprint density at radius 1 is 0.475 bits per heavy atom. The van der Waals surface area contributed by atoms with Crippen molar-refractivity contribution in [1.29, 1.82) is 0 Å². The van der Waals surface area contributed by atoms with Crippen LogP contribution in [0, 0.1) is 0 Å². The van der Waals surface area contributed by atoms with Gasteiger partial charge >= 0.3 is 11.9 Å². The molecule has 0 aromatic heterocycles. The Balaban J connectivity index is 1.32. The first-order valence-electron chi connectivity index (χ1n) is 12.7. The molecule has 5 aromatic rings. The lowest BCUT2D eigenvalue weighted by molar-refractivity contribution is 0.0464. The van der Waals surface area contributed by atoms with E-state index in [1.54, 1.807) is 72.8 Å². The van der Waals surface area contributed by atoms with Gasteiger partial charge in [-0.15, -0.1) is 0 Å². The first-order valence-corrected chi connectivity index (χ1v) is 12.7. The summed E-state index contributed by atoms with van der Waals surface area (Å²) in [5.41, 5.74) is 4.83. The molecule has 0 spiro atoms. The third kappa shape index (κ3) is 6.03. The Morgan fingerprint density at radius 2 is 0.825 bits per heavy atom. The molecule has 0 bridgehead atoms. The quantitative estimate of drug-likeness (QED) is 0.164. The predicted molar refractivity (Wildman–Crippen MR) is 152 cm³/mol. The second kappa shape index (κ2) is 12.0. The Bertz CT molecular complexity index is 1490. The lowest BCUT2D eigenvalue weighted by Gasteiger charge is -2.15. The van der Waals surface area contributed by atoms with Gasteiger partial charge in [0.05, 0.1) is 11.1 Å². The summed E-state index contributed by atoms with van der Waals surface area (Å²) in [6.07, 6.45) is 0. The summed E-state index contributed by atoms with van der Waals surface area (Å²) in [7, 11) is 0. The van der Waals surface area contributed by atoms with Crippen LogP contribution in [0.15, 0.2) is 121 Å². The fourth-order valence-electron chi connectivity index (χ4n) is 4.31. The molecule has 0 heterocycles. The standard InChI is InChI=1S/C34H26O6/c35-29-19-20-30(36)32(26-17-13-24(14-18-26)22-40-34(38)28-9-5-2-6-10-28)31(29)25-15-11-23(12-16-25)21-39-33(37)27-7-3-1-4-8-27/h1-20,35-36H,21-22H2. The van der Waals surface area contributed by atoms with E-state index in [1.165, 1.54) is 12.1 Å². The van der Waals surface area contributed by atoms with Crippen molar-refractivity contribution in [3.63, 3.8) is 0 Å². The average Bonchev–Trinajstić information content (AvgIpc) is 3.01. The van der Waals surface area contributed by atoms with Gasteiger partial charge in [-0.25, -0.2) is 9.59 Å². The molecule has 0 saturated carbocycles.